The Morgan fingerprint density at radius 1 is 1.07 bits per heavy atom. The first-order chi connectivity index (χ1) is 13.7. The second kappa shape index (κ2) is 14.7. The Balaban J connectivity index is 0.00000420. The number of rotatable bonds is 11. The predicted octanol–water partition coefficient (Wildman–Crippen LogP) is 2.89. The third-order valence-corrected chi connectivity index (χ3v) is 4.04. The average Bonchev–Trinajstić information content (AvgIpc) is 2.72. The van der Waals surface area contributed by atoms with Crippen LogP contribution in [0.25, 0.3) is 0 Å². The summed E-state index contributed by atoms with van der Waals surface area (Å²) in [5.41, 5.74) is 0.0397. The summed E-state index contributed by atoms with van der Waals surface area (Å²) in [4.78, 5) is 16.2. The highest BCUT2D eigenvalue weighted by atomic mass is 127. The van der Waals surface area contributed by atoms with Crippen LogP contribution in [0.5, 0.6) is 11.5 Å². The van der Waals surface area contributed by atoms with Gasteiger partial charge in [0.25, 0.3) is 0 Å². The number of hydrogen-bond acceptors (Lipinski definition) is 4. The van der Waals surface area contributed by atoms with Gasteiger partial charge in [0.15, 0.2) is 5.96 Å². The van der Waals surface area contributed by atoms with E-state index in [9.17, 15) is 4.79 Å². The van der Waals surface area contributed by atoms with Crippen molar-refractivity contribution in [1.29, 1.82) is 0 Å². The summed E-state index contributed by atoms with van der Waals surface area (Å²) in [7, 11) is 1.64. The molecule has 29 heavy (non-hydrogen) atoms. The van der Waals surface area contributed by atoms with Crippen molar-refractivity contribution in [1.82, 2.24) is 15.2 Å². The van der Waals surface area contributed by atoms with E-state index in [4.69, 9.17) is 9.47 Å². The van der Waals surface area contributed by atoms with Gasteiger partial charge in [0.2, 0.25) is 5.56 Å². The van der Waals surface area contributed by atoms with Gasteiger partial charge in [-0.2, -0.15) is 0 Å². The third kappa shape index (κ3) is 9.69. The lowest BCUT2D eigenvalue weighted by molar-refractivity contribution is 0.321. The van der Waals surface area contributed by atoms with Crippen LogP contribution < -0.4 is 25.7 Å². The molecule has 2 rings (SSSR count). The molecule has 0 spiro atoms. The predicted molar refractivity (Wildman–Crippen MR) is 128 cm³/mol. The smallest absolute Gasteiger partial charge is 0.250 e. The van der Waals surface area contributed by atoms with Gasteiger partial charge in [0.1, 0.15) is 18.1 Å². The minimum atomic E-state index is 0. The number of guanidine groups is 1. The fourth-order valence-electron chi connectivity index (χ4n) is 2.58. The molecule has 7 nitrogen and oxygen atoms in total. The summed E-state index contributed by atoms with van der Waals surface area (Å²) < 4.78 is 12.6. The number of aromatic nitrogens is 1. The molecule has 0 aliphatic carbocycles. The molecule has 0 saturated carbocycles. The maximum absolute atomic E-state index is 11.7. The molecule has 0 unspecified atom stereocenters. The van der Waals surface area contributed by atoms with Crippen LogP contribution in [-0.2, 0) is 6.54 Å². The molecule has 0 radical (unpaired) electrons. The molecule has 1 aromatic carbocycles. The average molecular weight is 514 g/mol. The molecular formula is C21H31IN4O3. The van der Waals surface area contributed by atoms with E-state index in [2.05, 4.69) is 15.6 Å². The molecule has 0 atom stereocenters. The first-order valence-electron chi connectivity index (χ1n) is 9.67. The van der Waals surface area contributed by atoms with Gasteiger partial charge in [-0.3, -0.25) is 9.79 Å². The highest BCUT2D eigenvalue weighted by Gasteiger charge is 1.99. The summed E-state index contributed by atoms with van der Waals surface area (Å²) in [5.74, 6) is 2.39. The van der Waals surface area contributed by atoms with Gasteiger partial charge in [-0.15, -0.1) is 24.0 Å². The number of benzene rings is 1. The van der Waals surface area contributed by atoms with Crippen molar-refractivity contribution < 1.29 is 9.47 Å². The highest BCUT2D eigenvalue weighted by Crippen LogP contribution is 2.16. The Morgan fingerprint density at radius 2 is 1.83 bits per heavy atom. The van der Waals surface area contributed by atoms with E-state index < -0.39 is 0 Å². The number of pyridine rings is 1. The van der Waals surface area contributed by atoms with Crippen LogP contribution in [0.3, 0.4) is 0 Å². The Morgan fingerprint density at radius 3 is 2.52 bits per heavy atom. The third-order valence-electron chi connectivity index (χ3n) is 4.04. The van der Waals surface area contributed by atoms with Crippen molar-refractivity contribution in [2.24, 2.45) is 4.99 Å². The number of hydrogen-bond donors (Lipinski definition) is 2. The molecular weight excluding hydrogens is 483 g/mol. The molecule has 0 bridgehead atoms. The number of halogens is 1. The van der Waals surface area contributed by atoms with Crippen LogP contribution in [0.15, 0.2) is 58.4 Å². The topological polar surface area (TPSA) is 76.9 Å². The summed E-state index contributed by atoms with van der Waals surface area (Å²) in [6.45, 7) is 5.44. The SMILES string of the molecule is CCNC(=NCCCCn1ccccc1=O)NCCOc1ccc(OC)cc1.I. The first-order valence-corrected chi connectivity index (χ1v) is 9.67. The summed E-state index contributed by atoms with van der Waals surface area (Å²) in [6.07, 6.45) is 3.65. The van der Waals surface area contributed by atoms with Gasteiger partial charge >= 0.3 is 0 Å². The lowest BCUT2D eigenvalue weighted by Gasteiger charge is -2.12. The molecule has 0 aliphatic heterocycles. The number of ether oxygens (including phenoxy) is 2. The van der Waals surface area contributed by atoms with Crippen molar-refractivity contribution in [2.45, 2.75) is 26.3 Å². The van der Waals surface area contributed by atoms with Crippen LogP contribution in [0.1, 0.15) is 19.8 Å². The quantitative estimate of drug-likeness (QED) is 0.209. The fourth-order valence-corrected chi connectivity index (χ4v) is 2.58. The van der Waals surface area contributed by atoms with E-state index in [1.165, 1.54) is 0 Å². The van der Waals surface area contributed by atoms with Crippen LogP contribution in [0.2, 0.25) is 0 Å². The van der Waals surface area contributed by atoms with Crippen molar-refractivity contribution in [3.05, 3.63) is 59.0 Å². The zero-order valence-electron chi connectivity index (χ0n) is 17.1. The minimum Gasteiger partial charge on any atom is -0.497 e. The highest BCUT2D eigenvalue weighted by molar-refractivity contribution is 14.0. The molecule has 8 heteroatoms. The monoisotopic (exact) mass is 514 g/mol. The van der Waals surface area contributed by atoms with E-state index in [0.717, 1.165) is 43.4 Å². The van der Waals surface area contributed by atoms with E-state index in [1.807, 2.05) is 43.5 Å². The van der Waals surface area contributed by atoms with Gasteiger partial charge in [-0.05, 0) is 50.1 Å². The van der Waals surface area contributed by atoms with Gasteiger partial charge in [-0.1, -0.05) is 6.07 Å². The largest absolute Gasteiger partial charge is 0.497 e. The molecule has 0 amide bonds. The number of nitrogens with zero attached hydrogens (tertiary/aromatic N) is 2. The van der Waals surface area contributed by atoms with Gasteiger partial charge < -0.3 is 24.7 Å². The van der Waals surface area contributed by atoms with E-state index in [-0.39, 0.29) is 29.5 Å². The van der Waals surface area contributed by atoms with Crippen LogP contribution in [-0.4, -0.2) is 43.9 Å². The molecule has 1 aromatic heterocycles. The van der Waals surface area contributed by atoms with E-state index in [1.54, 1.807) is 23.8 Å². The maximum Gasteiger partial charge on any atom is 0.250 e. The zero-order valence-corrected chi connectivity index (χ0v) is 19.4. The molecule has 0 fully saturated rings. The van der Waals surface area contributed by atoms with Crippen molar-refractivity contribution in [2.75, 3.05) is 33.4 Å². The number of nitrogens with one attached hydrogen (secondary N) is 2. The van der Waals surface area contributed by atoms with Crippen molar-refractivity contribution in [3.8, 4) is 11.5 Å². The normalized spacial score (nSPS) is 10.8. The van der Waals surface area contributed by atoms with Crippen LogP contribution in [0.4, 0.5) is 0 Å². The lowest BCUT2D eigenvalue weighted by Crippen LogP contribution is -2.39. The number of aryl methyl sites for hydroxylation is 1. The summed E-state index contributed by atoms with van der Waals surface area (Å²) >= 11 is 0. The minimum absolute atomic E-state index is 0. The van der Waals surface area contributed by atoms with E-state index in [0.29, 0.717) is 19.7 Å². The molecule has 0 aliphatic rings. The number of aliphatic imine (C=N–C) groups is 1. The molecule has 0 saturated heterocycles. The standard InChI is InChI=1S/C21H30N4O3.HI/c1-3-22-21(23-13-5-7-16-25-15-6-4-8-20(25)26)24-14-17-28-19-11-9-18(27-2)10-12-19;/h4,6,8-12,15H,3,5,7,13-14,16-17H2,1-2H3,(H2,22,23,24);1H. The van der Waals surface area contributed by atoms with Crippen molar-refractivity contribution in [3.63, 3.8) is 0 Å². The number of unbranched alkanes of at least 4 members (excludes halogenated alkanes) is 1. The number of methoxy groups -OCH3 is 1. The van der Waals surface area contributed by atoms with E-state index >= 15 is 0 Å². The molecule has 1 heterocycles. The van der Waals surface area contributed by atoms with Gasteiger partial charge in [-0.25, -0.2) is 0 Å². The zero-order chi connectivity index (χ0) is 20.0. The summed E-state index contributed by atoms with van der Waals surface area (Å²) in [5, 5.41) is 6.49. The Hall–Kier alpha value is -2.23. The maximum atomic E-state index is 11.7. The van der Waals surface area contributed by atoms with Crippen molar-refractivity contribution >= 4 is 29.9 Å². The Bertz CT molecular complexity index is 778. The summed E-state index contributed by atoms with van der Waals surface area (Å²) in [6, 6.07) is 12.7. The second-order valence-corrected chi connectivity index (χ2v) is 6.15. The molecule has 2 N–H and O–H groups in total. The van der Waals surface area contributed by atoms with Gasteiger partial charge in [0.05, 0.1) is 13.7 Å². The van der Waals surface area contributed by atoms with Crippen LogP contribution in [0, 0.1) is 0 Å². The van der Waals surface area contributed by atoms with Crippen LogP contribution >= 0.6 is 24.0 Å². The molecule has 160 valence electrons. The fraction of sp³-hybridized carbons (Fsp3) is 0.429. The molecule has 2 aromatic rings. The first kappa shape index (κ1) is 24.8. The Kier molecular flexibility index (Phi) is 12.6. The lowest BCUT2D eigenvalue weighted by atomic mass is 10.3. The Labute approximate surface area is 189 Å². The van der Waals surface area contributed by atoms with Gasteiger partial charge in [0, 0.05) is 31.9 Å². The second-order valence-electron chi connectivity index (χ2n) is 6.15.